The highest BCUT2D eigenvalue weighted by Crippen LogP contribution is 2.35. The Hall–Kier alpha value is -4.97. The van der Waals surface area contributed by atoms with Crippen LogP contribution in [0.15, 0.2) is 54.9 Å². The number of imidazole rings is 1. The standard InChI is InChI=1S/C50H76N16O13/c1-63-11-13-64(14-12-63)27-7-10-31-32(17-27)58-47(57-31)24-5-8-28(9-6-24)73-16-15-65-21-25(59-61-65)3-2-4-26-22-66(62-60-26)23-35-45(78-49-37(56)42(71)40(69)34(20-52)75-49)43(72)50(76-35)79-46-38(67)29(53)18-30(54)44(46)77-48-36(55)41(70)39(68)33(19-51)74-48/h5-10,17,21-22,29-30,33-46,48-50,67-72H,2-4,11-16,18-20,23,51-56H2,1H3,(H,57,58)/t29-,30+,33-,34+,35-,36-,37-,38+,39-,40-,41-,42-,43-,44-,45-,46-,48-,49-,50+/m1/s1. The maximum absolute atomic E-state index is 11.9. The van der Waals surface area contributed by atoms with Gasteiger partial charge in [0.2, 0.25) is 0 Å². The summed E-state index contributed by atoms with van der Waals surface area (Å²) in [6, 6.07) is 9.89. The summed E-state index contributed by atoms with van der Waals surface area (Å²) in [6.45, 7) is 4.53. The van der Waals surface area contributed by atoms with Gasteiger partial charge in [0, 0.05) is 75.0 Å². The number of anilines is 1. The zero-order valence-electron chi connectivity index (χ0n) is 43.9. The quantitative estimate of drug-likeness (QED) is 0.0346. The first-order chi connectivity index (χ1) is 38.0. The normalized spacial score (nSPS) is 35.6. The Bertz CT molecular complexity index is 2730. The van der Waals surface area contributed by atoms with Crippen molar-refractivity contribution in [3.63, 3.8) is 0 Å². The van der Waals surface area contributed by atoms with Gasteiger partial charge >= 0.3 is 0 Å². The van der Waals surface area contributed by atoms with Crippen molar-refractivity contribution in [1.82, 2.24) is 44.9 Å². The fourth-order valence-corrected chi connectivity index (χ4v) is 10.8. The van der Waals surface area contributed by atoms with Crippen LogP contribution in [0.1, 0.15) is 24.2 Å². The topological polar surface area (TPSA) is 439 Å². The molecule has 29 heteroatoms. The van der Waals surface area contributed by atoms with Crippen LogP contribution in [0, 0.1) is 0 Å². The van der Waals surface area contributed by atoms with E-state index in [0.717, 1.165) is 60.0 Å². The van der Waals surface area contributed by atoms with E-state index in [-0.39, 0.29) is 26.1 Å². The molecule has 5 fully saturated rings. The molecule has 19 N–H and O–H groups in total. The first-order valence-corrected chi connectivity index (χ1v) is 26.9. The predicted molar refractivity (Wildman–Crippen MR) is 280 cm³/mol. The Morgan fingerprint density at radius 1 is 0.646 bits per heavy atom. The number of nitrogens with two attached hydrogens (primary N) is 6. The number of fused-ring (bicyclic) bond motifs is 1. The zero-order valence-corrected chi connectivity index (χ0v) is 43.9. The molecule has 29 nitrogen and oxygen atoms in total. The number of likely N-dealkylation sites (N-methyl/N-ethyl adjacent to an activating group) is 1. The van der Waals surface area contributed by atoms with Gasteiger partial charge in [0.15, 0.2) is 18.9 Å². The lowest BCUT2D eigenvalue weighted by Gasteiger charge is -2.47. The van der Waals surface area contributed by atoms with Gasteiger partial charge in [-0.05, 0) is 75.2 Å². The molecule has 1 saturated carbocycles. The summed E-state index contributed by atoms with van der Waals surface area (Å²) in [5.74, 6) is 1.52. The SMILES string of the molecule is CN1CCN(c2ccc3nc(-c4ccc(OCCn5cc(CCCc6cn(C[C@H]7O[C@@H](O[C@@H]8[C@@H](O)[C@H](N)C[C@H](N)[C@H]8O[C@H]8O[C@H](CN)[C@@H](O)[C@H](O)[C@H]8N)[C@H](O)[C@@H]7O[C@H]7O[C@@H](CN)[C@@H](O)[C@H](O)[C@H]7N)nn6)nn5)cc4)[nH]c3c2)CC1. The van der Waals surface area contributed by atoms with Gasteiger partial charge < -0.3 is 113 Å². The number of rotatable bonds is 20. The Labute approximate surface area is 454 Å². The second-order valence-electron chi connectivity index (χ2n) is 21.3. The molecule has 4 saturated heterocycles. The van der Waals surface area contributed by atoms with Crippen LogP contribution in [0.4, 0.5) is 5.69 Å². The molecule has 0 spiro atoms. The number of aryl methyl sites for hydroxylation is 2. The monoisotopic (exact) mass is 1110 g/mol. The Morgan fingerprint density at radius 2 is 1.24 bits per heavy atom. The van der Waals surface area contributed by atoms with Gasteiger partial charge in [-0.1, -0.05) is 10.4 Å². The average Bonchev–Trinajstić information content (AvgIpc) is 4.29. The number of hydrogen-bond donors (Lipinski definition) is 13. The number of aromatic nitrogens is 8. The number of aliphatic hydroxyl groups excluding tert-OH is 6. The molecule has 3 aromatic heterocycles. The van der Waals surface area contributed by atoms with Crippen molar-refractivity contribution < 1.29 is 63.8 Å². The highest BCUT2D eigenvalue weighted by Gasteiger charge is 2.54. The fraction of sp³-hybridized carbons (Fsp3) is 0.660. The molecule has 434 valence electrons. The molecule has 4 aliphatic heterocycles. The van der Waals surface area contributed by atoms with Crippen molar-refractivity contribution in [2.45, 2.75) is 155 Å². The lowest BCUT2D eigenvalue weighted by atomic mass is 9.84. The van der Waals surface area contributed by atoms with E-state index in [1.807, 2.05) is 30.5 Å². The van der Waals surface area contributed by atoms with E-state index < -0.39 is 116 Å². The first kappa shape index (κ1) is 57.3. The summed E-state index contributed by atoms with van der Waals surface area (Å²) in [5.41, 5.74) is 42.5. The number of H-pyrrole nitrogens is 1. The second-order valence-corrected chi connectivity index (χ2v) is 21.3. The summed E-state index contributed by atoms with van der Waals surface area (Å²) in [7, 11) is 2.15. The predicted octanol–water partition coefficient (Wildman–Crippen LogP) is -5.46. The van der Waals surface area contributed by atoms with Crippen molar-refractivity contribution in [2.24, 2.45) is 34.4 Å². The lowest BCUT2D eigenvalue weighted by molar-refractivity contribution is -0.306. The number of hydrogen-bond acceptors (Lipinski definition) is 26. The molecule has 0 bridgehead atoms. The molecular formula is C50H76N16O13. The summed E-state index contributed by atoms with van der Waals surface area (Å²) < 4.78 is 46.1. The van der Waals surface area contributed by atoms with E-state index >= 15 is 0 Å². The molecular weight excluding hydrogens is 1030 g/mol. The van der Waals surface area contributed by atoms with Gasteiger partial charge in [0.25, 0.3) is 0 Å². The van der Waals surface area contributed by atoms with Crippen LogP contribution >= 0.6 is 0 Å². The van der Waals surface area contributed by atoms with Gasteiger partial charge in [0.05, 0.1) is 53.7 Å². The molecule has 10 rings (SSSR count). The van der Waals surface area contributed by atoms with Crippen LogP contribution in [-0.4, -0.2) is 245 Å². The van der Waals surface area contributed by atoms with E-state index in [4.69, 9.17) is 72.5 Å². The van der Waals surface area contributed by atoms with Gasteiger partial charge in [-0.2, -0.15) is 0 Å². The number of aliphatic hydroxyl groups is 6. The van der Waals surface area contributed by atoms with Crippen LogP contribution in [0.2, 0.25) is 0 Å². The van der Waals surface area contributed by atoms with Crippen LogP contribution in [0.25, 0.3) is 22.4 Å². The number of nitrogens with one attached hydrogen (secondary N) is 1. The Morgan fingerprint density at radius 3 is 1.89 bits per heavy atom. The minimum absolute atomic E-state index is 0.0557. The third kappa shape index (κ3) is 12.7. The van der Waals surface area contributed by atoms with Crippen LogP contribution < -0.4 is 44.0 Å². The lowest BCUT2D eigenvalue weighted by Crippen LogP contribution is -2.68. The van der Waals surface area contributed by atoms with E-state index in [0.29, 0.717) is 38.1 Å². The highest BCUT2D eigenvalue weighted by atomic mass is 16.8. The molecule has 0 unspecified atom stereocenters. The molecule has 19 atom stereocenters. The number of ether oxygens (including phenoxy) is 7. The summed E-state index contributed by atoms with van der Waals surface area (Å²) in [4.78, 5) is 13.1. The summed E-state index contributed by atoms with van der Waals surface area (Å²) in [5, 5.41) is 83.2. The average molecular weight is 1110 g/mol. The van der Waals surface area contributed by atoms with E-state index in [9.17, 15) is 30.6 Å². The molecule has 1 aliphatic carbocycles. The summed E-state index contributed by atoms with van der Waals surface area (Å²) in [6.07, 6.45) is -14.7. The Balaban J connectivity index is 0.734. The van der Waals surface area contributed by atoms with Gasteiger partial charge in [-0.15, -0.1) is 10.2 Å². The number of benzene rings is 2. The number of aromatic amines is 1. The van der Waals surface area contributed by atoms with Crippen LogP contribution in [0.5, 0.6) is 5.75 Å². The Kier molecular flexibility index (Phi) is 18.1. The maximum atomic E-state index is 11.9. The third-order valence-corrected chi connectivity index (χ3v) is 15.6. The minimum Gasteiger partial charge on any atom is -0.492 e. The first-order valence-electron chi connectivity index (χ1n) is 26.9. The molecule has 5 aliphatic rings. The van der Waals surface area contributed by atoms with Crippen molar-refractivity contribution in [3.05, 3.63) is 66.2 Å². The van der Waals surface area contributed by atoms with Crippen molar-refractivity contribution in [2.75, 3.05) is 57.8 Å². The van der Waals surface area contributed by atoms with Crippen LogP contribution in [-0.2, 0) is 54.4 Å². The van der Waals surface area contributed by atoms with Gasteiger partial charge in [-0.25, -0.2) is 14.3 Å². The summed E-state index contributed by atoms with van der Waals surface area (Å²) >= 11 is 0. The van der Waals surface area contributed by atoms with E-state index in [2.05, 4.69) is 60.7 Å². The van der Waals surface area contributed by atoms with Crippen molar-refractivity contribution >= 4 is 16.7 Å². The third-order valence-electron chi connectivity index (χ3n) is 15.6. The largest absolute Gasteiger partial charge is 0.492 e. The van der Waals surface area contributed by atoms with Crippen molar-refractivity contribution in [1.29, 1.82) is 0 Å². The molecule has 7 heterocycles. The highest BCUT2D eigenvalue weighted by molar-refractivity contribution is 5.83. The smallest absolute Gasteiger partial charge is 0.187 e. The molecule has 5 aromatic rings. The van der Waals surface area contributed by atoms with E-state index in [1.165, 1.54) is 10.4 Å². The fourth-order valence-electron chi connectivity index (χ4n) is 10.8. The second kappa shape index (κ2) is 25.0. The number of nitrogens with zero attached hydrogens (tertiary/aromatic N) is 9. The maximum Gasteiger partial charge on any atom is 0.187 e. The van der Waals surface area contributed by atoms with Gasteiger partial charge in [-0.3, -0.25) is 0 Å². The minimum atomic E-state index is -1.62. The number of piperazine rings is 1. The van der Waals surface area contributed by atoms with E-state index in [1.54, 1.807) is 10.9 Å². The van der Waals surface area contributed by atoms with Gasteiger partial charge in [0.1, 0.15) is 85.3 Å². The van der Waals surface area contributed by atoms with Crippen LogP contribution in [0.3, 0.4) is 0 Å². The molecule has 2 aromatic carbocycles. The van der Waals surface area contributed by atoms with Crippen molar-refractivity contribution in [3.8, 4) is 17.1 Å². The zero-order chi connectivity index (χ0) is 55.6. The molecule has 0 radical (unpaired) electrons. The molecule has 79 heavy (non-hydrogen) atoms. The molecule has 0 amide bonds.